The second kappa shape index (κ2) is 8.57. The van der Waals surface area contributed by atoms with Gasteiger partial charge in [0.2, 0.25) is 11.9 Å². The number of nitrogens with one attached hydrogen (secondary N) is 1. The molecule has 4 rings (SSSR count). The lowest BCUT2D eigenvalue weighted by atomic mass is 10.1. The van der Waals surface area contributed by atoms with Crippen molar-refractivity contribution in [3.05, 3.63) is 57.0 Å². The smallest absolute Gasteiger partial charge is 0.348 e. The zero-order valence-electron chi connectivity index (χ0n) is 16.3. The average Bonchev–Trinajstić information content (AvgIpc) is 2.98. The Hall–Kier alpha value is -3.00. The van der Waals surface area contributed by atoms with Gasteiger partial charge in [-0.15, -0.1) is 11.3 Å². The number of carbonyl (C=O) groups excluding carboxylic acids is 1. The van der Waals surface area contributed by atoms with E-state index in [0.29, 0.717) is 16.6 Å². The normalized spacial score (nSPS) is 13.4. The number of hydrogen-bond donors (Lipinski definition) is 2. The first kappa shape index (κ1) is 19.3. The molecule has 0 amide bonds. The molecule has 1 aromatic carbocycles. The molecule has 2 aromatic heterocycles. The van der Waals surface area contributed by atoms with Crippen molar-refractivity contribution in [3.8, 4) is 0 Å². The summed E-state index contributed by atoms with van der Waals surface area (Å²) in [5, 5.41) is 3.09. The first-order chi connectivity index (χ1) is 14.1. The second-order valence-corrected chi connectivity index (χ2v) is 8.26. The van der Waals surface area contributed by atoms with Gasteiger partial charge in [-0.05, 0) is 56.4 Å². The molecule has 1 aliphatic rings. The molecule has 0 saturated heterocycles. The summed E-state index contributed by atoms with van der Waals surface area (Å²) in [6.45, 7) is 1.96. The third kappa shape index (κ3) is 4.89. The fourth-order valence-corrected chi connectivity index (χ4v) is 4.44. The summed E-state index contributed by atoms with van der Waals surface area (Å²) < 4.78 is 5.43. The third-order valence-corrected chi connectivity index (χ3v) is 6.00. The van der Waals surface area contributed by atoms with Gasteiger partial charge >= 0.3 is 5.97 Å². The van der Waals surface area contributed by atoms with Crippen molar-refractivity contribution >= 4 is 34.9 Å². The van der Waals surface area contributed by atoms with Gasteiger partial charge in [0.1, 0.15) is 4.88 Å². The monoisotopic (exact) mass is 409 g/mol. The first-order valence-electron chi connectivity index (χ1n) is 9.69. The maximum atomic E-state index is 12.5. The molecular formula is C21H23N5O2S. The number of esters is 1. The van der Waals surface area contributed by atoms with Gasteiger partial charge in [-0.25, -0.2) is 4.79 Å². The second-order valence-electron chi connectivity index (χ2n) is 7.12. The van der Waals surface area contributed by atoms with E-state index in [0.717, 1.165) is 24.1 Å². The predicted octanol–water partition coefficient (Wildman–Crippen LogP) is 4.19. The molecule has 3 aromatic rings. The number of fused-ring (bicyclic) bond motifs is 1. The highest BCUT2D eigenvalue weighted by molar-refractivity contribution is 7.14. The van der Waals surface area contributed by atoms with Crippen molar-refractivity contribution in [2.45, 2.75) is 45.6 Å². The number of aryl methyl sites for hydroxylation is 3. The van der Waals surface area contributed by atoms with Crippen LogP contribution in [0.5, 0.6) is 0 Å². The summed E-state index contributed by atoms with van der Waals surface area (Å²) in [6.07, 6.45) is 5.70. The zero-order valence-corrected chi connectivity index (χ0v) is 17.1. The molecule has 29 heavy (non-hydrogen) atoms. The van der Waals surface area contributed by atoms with E-state index in [2.05, 4.69) is 20.3 Å². The number of anilines is 3. The maximum absolute atomic E-state index is 12.5. The van der Waals surface area contributed by atoms with Crippen LogP contribution in [0.4, 0.5) is 17.6 Å². The predicted molar refractivity (Wildman–Crippen MR) is 113 cm³/mol. The Bertz CT molecular complexity index is 993. The minimum Gasteiger partial charge on any atom is -0.453 e. The number of nitrogens with zero attached hydrogens (tertiary/aromatic N) is 3. The molecule has 0 saturated carbocycles. The Morgan fingerprint density at radius 1 is 1.14 bits per heavy atom. The van der Waals surface area contributed by atoms with Crippen LogP contribution in [0.3, 0.4) is 0 Å². The molecule has 1 aliphatic carbocycles. The van der Waals surface area contributed by atoms with E-state index < -0.39 is 0 Å². The van der Waals surface area contributed by atoms with E-state index >= 15 is 0 Å². The highest BCUT2D eigenvalue weighted by Crippen LogP contribution is 2.29. The Balaban J connectivity index is 1.42. The molecule has 7 nitrogen and oxygen atoms in total. The molecule has 0 unspecified atom stereocenters. The zero-order chi connectivity index (χ0) is 20.2. The van der Waals surface area contributed by atoms with Crippen LogP contribution in [0, 0.1) is 6.92 Å². The SMILES string of the molecule is Cc1ccc(Nc2nc(N)nc(COC(=O)c3cc4c(s3)CCCCC4)n2)cc1. The standard InChI is InChI=1S/C21H23N5O2S/c1-13-7-9-15(10-8-13)23-21-25-18(24-20(22)26-21)12-28-19(27)17-11-14-5-3-2-4-6-16(14)29-17/h7-11H,2-6,12H2,1H3,(H3,22,23,24,25,26). The molecule has 150 valence electrons. The lowest BCUT2D eigenvalue weighted by Gasteiger charge is -2.08. The van der Waals surface area contributed by atoms with Gasteiger partial charge in [0.15, 0.2) is 12.4 Å². The molecule has 0 radical (unpaired) electrons. The van der Waals surface area contributed by atoms with E-state index in [1.807, 2.05) is 37.3 Å². The van der Waals surface area contributed by atoms with E-state index in [1.54, 1.807) is 0 Å². The lowest BCUT2D eigenvalue weighted by Crippen LogP contribution is -2.10. The van der Waals surface area contributed by atoms with Crippen LogP contribution >= 0.6 is 11.3 Å². The van der Waals surface area contributed by atoms with Gasteiger partial charge in [-0.1, -0.05) is 24.1 Å². The van der Waals surface area contributed by atoms with Crippen molar-refractivity contribution in [2.75, 3.05) is 11.1 Å². The number of ether oxygens (including phenoxy) is 1. The molecular weight excluding hydrogens is 386 g/mol. The van der Waals surface area contributed by atoms with Gasteiger partial charge in [0.05, 0.1) is 0 Å². The van der Waals surface area contributed by atoms with Gasteiger partial charge in [0, 0.05) is 10.6 Å². The molecule has 0 fully saturated rings. The van der Waals surface area contributed by atoms with Crippen LogP contribution in [-0.4, -0.2) is 20.9 Å². The van der Waals surface area contributed by atoms with Crippen molar-refractivity contribution in [3.63, 3.8) is 0 Å². The van der Waals surface area contributed by atoms with Crippen molar-refractivity contribution in [1.82, 2.24) is 15.0 Å². The molecule has 3 N–H and O–H groups in total. The summed E-state index contributed by atoms with van der Waals surface area (Å²) in [6, 6.07) is 9.79. The Morgan fingerprint density at radius 2 is 1.93 bits per heavy atom. The maximum Gasteiger partial charge on any atom is 0.348 e. The van der Waals surface area contributed by atoms with Crippen LogP contribution in [0.25, 0.3) is 0 Å². The summed E-state index contributed by atoms with van der Waals surface area (Å²) in [4.78, 5) is 26.9. The van der Waals surface area contributed by atoms with Gasteiger partial charge in [0.25, 0.3) is 0 Å². The number of aromatic nitrogens is 3. The highest BCUT2D eigenvalue weighted by atomic mass is 32.1. The number of rotatable bonds is 5. The molecule has 0 aliphatic heterocycles. The minimum absolute atomic E-state index is 0.0588. The highest BCUT2D eigenvalue weighted by Gasteiger charge is 2.18. The number of carbonyl (C=O) groups is 1. The van der Waals surface area contributed by atoms with Gasteiger partial charge < -0.3 is 15.8 Å². The van der Waals surface area contributed by atoms with Gasteiger partial charge in [-0.2, -0.15) is 15.0 Å². The summed E-state index contributed by atoms with van der Waals surface area (Å²) in [5.41, 5.74) is 9.07. The molecule has 0 spiro atoms. The number of benzene rings is 1. The van der Waals surface area contributed by atoms with E-state index in [-0.39, 0.29) is 18.5 Å². The minimum atomic E-state index is -0.352. The summed E-state index contributed by atoms with van der Waals surface area (Å²) in [5.74, 6) is 0.340. The fourth-order valence-electron chi connectivity index (χ4n) is 3.29. The van der Waals surface area contributed by atoms with E-state index in [9.17, 15) is 4.79 Å². The van der Waals surface area contributed by atoms with Crippen molar-refractivity contribution in [1.29, 1.82) is 0 Å². The van der Waals surface area contributed by atoms with Crippen molar-refractivity contribution < 1.29 is 9.53 Å². The number of nitrogens with two attached hydrogens (primary N) is 1. The Morgan fingerprint density at radius 3 is 2.76 bits per heavy atom. The van der Waals surface area contributed by atoms with Crippen LogP contribution in [0.2, 0.25) is 0 Å². The van der Waals surface area contributed by atoms with Crippen LogP contribution in [0.1, 0.15) is 50.8 Å². The van der Waals surface area contributed by atoms with E-state index in [4.69, 9.17) is 10.5 Å². The third-order valence-electron chi connectivity index (χ3n) is 4.79. The first-order valence-corrected chi connectivity index (χ1v) is 10.5. The fraction of sp³-hybridized carbons (Fsp3) is 0.333. The van der Waals surface area contributed by atoms with Gasteiger partial charge in [-0.3, -0.25) is 0 Å². The number of nitrogen functional groups attached to an aromatic ring is 1. The average molecular weight is 410 g/mol. The number of thiophene rings is 1. The van der Waals surface area contributed by atoms with E-state index in [1.165, 1.54) is 41.0 Å². The molecule has 0 bridgehead atoms. The van der Waals surface area contributed by atoms with Crippen LogP contribution in [0.15, 0.2) is 30.3 Å². The quantitative estimate of drug-likeness (QED) is 0.481. The largest absolute Gasteiger partial charge is 0.453 e. The Kier molecular flexibility index (Phi) is 5.71. The number of hydrogen-bond acceptors (Lipinski definition) is 8. The molecule has 0 atom stereocenters. The van der Waals surface area contributed by atoms with Crippen LogP contribution in [-0.2, 0) is 24.2 Å². The molecule has 8 heteroatoms. The topological polar surface area (TPSA) is 103 Å². The van der Waals surface area contributed by atoms with Crippen molar-refractivity contribution in [2.24, 2.45) is 0 Å². The Labute approximate surface area is 173 Å². The lowest BCUT2D eigenvalue weighted by molar-refractivity contribution is 0.0468. The summed E-state index contributed by atoms with van der Waals surface area (Å²) >= 11 is 1.54. The van der Waals surface area contributed by atoms with Crippen LogP contribution < -0.4 is 11.1 Å². The molecule has 2 heterocycles. The summed E-state index contributed by atoms with van der Waals surface area (Å²) in [7, 11) is 0.